The van der Waals surface area contributed by atoms with Gasteiger partial charge in [-0.2, -0.15) is 0 Å². The van der Waals surface area contributed by atoms with E-state index < -0.39 is 0 Å². The third kappa shape index (κ3) is 3.90. The van der Waals surface area contributed by atoms with Crippen molar-refractivity contribution in [2.75, 3.05) is 19.7 Å². The second kappa shape index (κ2) is 8.00. The van der Waals surface area contributed by atoms with E-state index in [1.54, 1.807) is 0 Å². The van der Waals surface area contributed by atoms with Crippen LogP contribution < -0.4 is 10.5 Å². The Morgan fingerprint density at radius 1 is 1.32 bits per heavy atom. The minimum atomic E-state index is -0.239. The average molecular weight is 320 g/mol. The quantitative estimate of drug-likeness (QED) is 0.782. The highest BCUT2D eigenvalue weighted by atomic mass is 32.2. The Morgan fingerprint density at radius 3 is 2.82 bits per heavy atom. The summed E-state index contributed by atoms with van der Waals surface area (Å²) < 4.78 is 5.58. The summed E-state index contributed by atoms with van der Waals surface area (Å²) >= 11 is 0.983. The number of para-hydroxylation sites is 1. The van der Waals surface area contributed by atoms with E-state index >= 15 is 0 Å². The van der Waals surface area contributed by atoms with Gasteiger partial charge in [-0.3, -0.25) is 14.5 Å². The van der Waals surface area contributed by atoms with E-state index in [-0.39, 0.29) is 24.2 Å². The molecule has 1 aliphatic rings. The number of hydrogen-bond donors (Lipinski definition) is 1. The average Bonchev–Trinajstić information content (AvgIpc) is 2.77. The van der Waals surface area contributed by atoms with Gasteiger partial charge in [0.15, 0.2) is 0 Å². The van der Waals surface area contributed by atoms with Crippen LogP contribution in [-0.4, -0.2) is 35.7 Å². The summed E-state index contributed by atoms with van der Waals surface area (Å²) in [6.07, 6.45) is 3.27. The van der Waals surface area contributed by atoms with Crippen LogP contribution in [0.5, 0.6) is 5.75 Å². The van der Waals surface area contributed by atoms with Gasteiger partial charge in [0.1, 0.15) is 5.75 Å². The van der Waals surface area contributed by atoms with Gasteiger partial charge in [-0.15, -0.1) is 0 Å². The molecule has 0 saturated carbocycles. The van der Waals surface area contributed by atoms with E-state index in [1.807, 2.05) is 37.3 Å². The maximum atomic E-state index is 12.1. The van der Waals surface area contributed by atoms with Crippen LogP contribution in [0, 0.1) is 0 Å². The lowest BCUT2D eigenvalue weighted by molar-refractivity contribution is -0.122. The molecule has 1 aliphatic heterocycles. The van der Waals surface area contributed by atoms with E-state index in [0.29, 0.717) is 17.9 Å². The second-order valence-corrected chi connectivity index (χ2v) is 5.75. The molecule has 0 radical (unpaired) electrons. The fourth-order valence-corrected chi connectivity index (χ4v) is 3.10. The highest BCUT2D eigenvalue weighted by Crippen LogP contribution is 2.31. The smallest absolute Gasteiger partial charge is 0.293 e. The molecule has 0 spiro atoms. The molecule has 0 atom stereocenters. The van der Waals surface area contributed by atoms with Crippen LogP contribution in [0.25, 0.3) is 0 Å². The molecule has 0 bridgehead atoms. The molecule has 1 heterocycles. The summed E-state index contributed by atoms with van der Waals surface area (Å²) in [5.74, 6) is 0.633. The molecule has 1 fully saturated rings. The van der Waals surface area contributed by atoms with Crippen molar-refractivity contribution in [3.63, 3.8) is 0 Å². The van der Waals surface area contributed by atoms with Crippen LogP contribution in [0.1, 0.15) is 18.9 Å². The summed E-state index contributed by atoms with van der Waals surface area (Å²) in [5, 5.41) is -0.239. The number of thioether (sulfide) groups is 1. The predicted molar refractivity (Wildman–Crippen MR) is 87.8 cm³/mol. The number of ether oxygens (including phenoxy) is 1. The lowest BCUT2D eigenvalue weighted by atomic mass is 10.1. The highest BCUT2D eigenvalue weighted by Gasteiger charge is 2.33. The topological polar surface area (TPSA) is 72.6 Å². The van der Waals surface area contributed by atoms with E-state index in [2.05, 4.69) is 0 Å². The largest absolute Gasteiger partial charge is 0.494 e. The van der Waals surface area contributed by atoms with Crippen molar-refractivity contribution < 1.29 is 14.3 Å². The third-order valence-corrected chi connectivity index (χ3v) is 4.20. The van der Waals surface area contributed by atoms with Crippen molar-refractivity contribution in [2.24, 2.45) is 5.73 Å². The molecular formula is C16H20N2O3S. The molecular weight excluding hydrogens is 300 g/mol. The van der Waals surface area contributed by atoms with Crippen LogP contribution >= 0.6 is 11.8 Å². The van der Waals surface area contributed by atoms with Gasteiger partial charge < -0.3 is 10.5 Å². The Balaban J connectivity index is 1.99. The molecule has 22 heavy (non-hydrogen) atoms. The zero-order valence-electron chi connectivity index (χ0n) is 12.6. The number of rotatable bonds is 7. The number of hydrogen-bond acceptors (Lipinski definition) is 5. The molecule has 0 aliphatic carbocycles. The number of nitrogens with two attached hydrogens (primary N) is 1. The molecule has 1 aromatic carbocycles. The van der Waals surface area contributed by atoms with E-state index in [0.717, 1.165) is 29.5 Å². The number of carbonyl (C=O) groups is 2. The molecule has 1 saturated heterocycles. The maximum absolute atomic E-state index is 12.1. The van der Waals surface area contributed by atoms with Gasteiger partial charge in [0.2, 0.25) is 0 Å². The highest BCUT2D eigenvalue weighted by molar-refractivity contribution is 8.18. The van der Waals surface area contributed by atoms with E-state index in [1.165, 1.54) is 4.90 Å². The number of amides is 2. The first-order valence-corrected chi connectivity index (χ1v) is 8.13. The molecule has 0 aromatic heterocycles. The van der Waals surface area contributed by atoms with Crippen LogP contribution in [0.2, 0.25) is 0 Å². The molecule has 0 unspecified atom stereocenters. The number of carbonyl (C=O) groups excluding carboxylic acids is 2. The molecule has 2 amide bonds. The van der Waals surface area contributed by atoms with Crippen LogP contribution in [-0.2, 0) is 11.2 Å². The first-order valence-electron chi connectivity index (χ1n) is 7.32. The van der Waals surface area contributed by atoms with Crippen LogP contribution in [0.4, 0.5) is 4.79 Å². The van der Waals surface area contributed by atoms with Crippen molar-refractivity contribution >= 4 is 22.9 Å². The van der Waals surface area contributed by atoms with Gasteiger partial charge >= 0.3 is 0 Å². The molecule has 2 N–H and O–H groups in total. The normalized spacial score (nSPS) is 16.6. The lowest BCUT2D eigenvalue weighted by Crippen LogP contribution is -2.33. The van der Waals surface area contributed by atoms with Gasteiger partial charge in [0.25, 0.3) is 11.1 Å². The van der Waals surface area contributed by atoms with Gasteiger partial charge in [-0.05, 0) is 43.2 Å². The van der Waals surface area contributed by atoms with E-state index in [4.69, 9.17) is 10.5 Å². The summed E-state index contributed by atoms with van der Waals surface area (Å²) in [7, 11) is 0. The predicted octanol–water partition coefficient (Wildman–Crippen LogP) is 2.56. The zero-order valence-corrected chi connectivity index (χ0v) is 13.4. The number of nitrogens with zero attached hydrogens (tertiary/aromatic N) is 1. The summed E-state index contributed by atoms with van der Waals surface area (Å²) in [6.45, 7) is 3.13. The number of imide groups is 1. The summed E-state index contributed by atoms with van der Waals surface area (Å²) in [4.78, 5) is 25.5. The fourth-order valence-electron chi connectivity index (χ4n) is 2.23. The van der Waals surface area contributed by atoms with Gasteiger partial charge in [-0.25, -0.2) is 0 Å². The maximum Gasteiger partial charge on any atom is 0.293 e. The molecule has 118 valence electrons. The molecule has 6 heteroatoms. The van der Waals surface area contributed by atoms with Crippen molar-refractivity contribution in [3.05, 3.63) is 40.8 Å². The monoisotopic (exact) mass is 320 g/mol. The van der Waals surface area contributed by atoms with Gasteiger partial charge in [0, 0.05) is 13.1 Å². The Morgan fingerprint density at radius 2 is 2.09 bits per heavy atom. The van der Waals surface area contributed by atoms with Crippen LogP contribution in [0.15, 0.2) is 35.2 Å². The Labute approximate surface area is 134 Å². The third-order valence-electron chi connectivity index (χ3n) is 3.24. The van der Waals surface area contributed by atoms with Crippen molar-refractivity contribution in [2.45, 2.75) is 19.8 Å². The molecule has 5 nitrogen and oxygen atoms in total. The summed E-state index contributed by atoms with van der Waals surface area (Å²) in [5.41, 5.74) is 6.51. The van der Waals surface area contributed by atoms with Gasteiger partial charge in [0.05, 0.1) is 11.5 Å². The first kappa shape index (κ1) is 16.6. The van der Waals surface area contributed by atoms with Crippen molar-refractivity contribution in [1.29, 1.82) is 0 Å². The molecule has 1 aromatic rings. The standard InChI is InChI=1S/C16H20N2O3S/c1-2-21-13-8-4-3-6-12(13)7-5-9-14-15(19)18(11-10-17)16(20)22-14/h3-4,6,8-9H,2,5,7,10-11,17H2,1H3/b14-9+. The number of benzene rings is 1. The Hall–Kier alpha value is -1.79. The van der Waals surface area contributed by atoms with Gasteiger partial charge in [-0.1, -0.05) is 24.3 Å². The molecule has 2 rings (SSSR count). The van der Waals surface area contributed by atoms with E-state index in [9.17, 15) is 9.59 Å². The number of allylic oxidation sites excluding steroid dienone is 1. The van der Waals surface area contributed by atoms with Crippen LogP contribution in [0.3, 0.4) is 0 Å². The van der Waals surface area contributed by atoms with Crippen molar-refractivity contribution in [3.8, 4) is 5.75 Å². The first-order chi connectivity index (χ1) is 10.7. The SMILES string of the molecule is CCOc1ccccc1CC/C=C1/SC(=O)N(CCN)C1=O. The number of aryl methyl sites for hydroxylation is 1. The fraction of sp³-hybridized carbons (Fsp3) is 0.375. The van der Waals surface area contributed by atoms with Crippen molar-refractivity contribution in [1.82, 2.24) is 4.90 Å². The minimum absolute atomic E-state index is 0.237. The summed E-state index contributed by atoms with van der Waals surface area (Å²) in [6, 6.07) is 7.85. The Bertz CT molecular complexity index is 587. The zero-order chi connectivity index (χ0) is 15.9. The lowest BCUT2D eigenvalue weighted by Gasteiger charge is -2.09. The second-order valence-electron chi connectivity index (χ2n) is 4.76. The minimum Gasteiger partial charge on any atom is -0.494 e. The Kier molecular flexibility index (Phi) is 6.03.